The summed E-state index contributed by atoms with van der Waals surface area (Å²) in [7, 11) is 0. The molecule has 4 unspecified atom stereocenters. The van der Waals surface area contributed by atoms with Gasteiger partial charge in [-0.1, -0.05) is 30.3 Å². The van der Waals surface area contributed by atoms with Crippen LogP contribution in [0, 0.1) is 0 Å². The summed E-state index contributed by atoms with van der Waals surface area (Å²) in [5.41, 5.74) is 7.84. The van der Waals surface area contributed by atoms with Gasteiger partial charge >= 0.3 is 0 Å². The molecule has 6 N–H and O–H groups in total. The quantitative estimate of drug-likeness (QED) is 0.364. The van der Waals surface area contributed by atoms with E-state index in [1.54, 1.807) is 4.57 Å². The van der Waals surface area contributed by atoms with E-state index in [4.69, 9.17) is 17.3 Å². The number of aliphatic hydroxyl groups is 3. The first-order valence-electron chi connectivity index (χ1n) is 9.41. The second kappa shape index (κ2) is 8.21. The highest BCUT2D eigenvalue weighted by molar-refractivity contribution is 6.28. The molecule has 1 fully saturated rings. The molecule has 1 saturated carbocycles. The van der Waals surface area contributed by atoms with Gasteiger partial charge in [0.15, 0.2) is 17.0 Å². The average Bonchev–Trinajstić information content (AvgIpc) is 3.24. The lowest BCUT2D eigenvalue weighted by Gasteiger charge is -2.19. The number of halogens is 1. The zero-order chi connectivity index (χ0) is 20.5. The number of benzene rings is 1. The minimum absolute atomic E-state index is 0.00971. The smallest absolute Gasteiger partial charge is 0.226 e. The molecule has 3 aromatic rings. The molecule has 1 aliphatic carbocycles. The molecule has 0 spiro atoms. The number of aromatic nitrogens is 4. The number of nitrogens with two attached hydrogens (primary N) is 1. The van der Waals surface area contributed by atoms with Crippen molar-refractivity contribution in [3.63, 3.8) is 0 Å². The van der Waals surface area contributed by atoms with E-state index in [9.17, 15) is 15.3 Å². The summed E-state index contributed by atoms with van der Waals surface area (Å²) in [6.45, 7) is -0.110. The van der Waals surface area contributed by atoms with E-state index in [0.29, 0.717) is 29.8 Å². The standard InChI is InChI=1S/C19H23ClN6O3/c20-19-24-17(23-11(8-27)6-10-4-2-1-3-5-10)14-18(25-19)26(9-22-14)13-7-12(21)15(28)16(13)29/h1-5,9,11-13,15-16,27-29H,6-8,21H2,(H,23,24,25)/t11-,12?,13?,15?,16?/m0/s1. The molecule has 1 aliphatic rings. The normalized spacial score (nSPS) is 25.4. The molecule has 0 aliphatic heterocycles. The van der Waals surface area contributed by atoms with Crippen molar-refractivity contribution in [2.24, 2.45) is 5.73 Å². The average molecular weight is 419 g/mol. The zero-order valence-electron chi connectivity index (χ0n) is 15.6. The Bertz CT molecular complexity index is 985. The maximum Gasteiger partial charge on any atom is 0.226 e. The van der Waals surface area contributed by atoms with Crippen LogP contribution in [-0.2, 0) is 6.42 Å². The Morgan fingerprint density at radius 3 is 2.62 bits per heavy atom. The van der Waals surface area contributed by atoms with E-state index in [1.807, 2.05) is 30.3 Å². The maximum atomic E-state index is 10.3. The number of aliphatic hydroxyl groups excluding tert-OH is 3. The summed E-state index contributed by atoms with van der Waals surface area (Å²) in [6.07, 6.45) is 0.451. The van der Waals surface area contributed by atoms with Crippen molar-refractivity contribution >= 4 is 28.6 Å². The van der Waals surface area contributed by atoms with Crippen molar-refractivity contribution in [3.8, 4) is 0 Å². The highest BCUT2D eigenvalue weighted by Crippen LogP contribution is 2.33. The minimum Gasteiger partial charge on any atom is -0.394 e. The van der Waals surface area contributed by atoms with Crippen LogP contribution in [0.15, 0.2) is 36.7 Å². The third kappa shape index (κ3) is 3.92. The number of nitrogens with one attached hydrogen (secondary N) is 1. The van der Waals surface area contributed by atoms with Gasteiger partial charge in [0.05, 0.1) is 31.1 Å². The highest BCUT2D eigenvalue weighted by Gasteiger charge is 2.41. The first kappa shape index (κ1) is 20.0. The first-order chi connectivity index (χ1) is 14.0. The topological polar surface area (TPSA) is 142 Å². The fourth-order valence-electron chi connectivity index (χ4n) is 3.80. The Hall–Kier alpha value is -2.30. The van der Waals surface area contributed by atoms with Gasteiger partial charge in [0.25, 0.3) is 0 Å². The first-order valence-corrected chi connectivity index (χ1v) is 9.79. The van der Waals surface area contributed by atoms with Gasteiger partial charge in [0.2, 0.25) is 5.28 Å². The van der Waals surface area contributed by atoms with Crippen LogP contribution in [0.5, 0.6) is 0 Å². The Balaban J connectivity index is 1.64. The molecule has 154 valence electrons. The number of rotatable bonds is 6. The molecule has 2 aromatic heterocycles. The molecular formula is C19H23ClN6O3. The Morgan fingerprint density at radius 2 is 1.97 bits per heavy atom. The second-order valence-corrected chi connectivity index (χ2v) is 7.67. The van der Waals surface area contributed by atoms with Gasteiger partial charge in [-0.05, 0) is 30.0 Å². The van der Waals surface area contributed by atoms with Gasteiger partial charge in [-0.2, -0.15) is 9.97 Å². The molecule has 0 amide bonds. The molecule has 0 bridgehead atoms. The predicted molar refractivity (Wildman–Crippen MR) is 109 cm³/mol. The molecule has 1 aromatic carbocycles. The molecule has 10 heteroatoms. The molecular weight excluding hydrogens is 396 g/mol. The largest absolute Gasteiger partial charge is 0.394 e. The molecule has 5 atom stereocenters. The number of nitrogens with zero attached hydrogens (tertiary/aromatic N) is 4. The minimum atomic E-state index is -1.03. The predicted octanol–water partition coefficient (Wildman–Crippen LogP) is 0.489. The van der Waals surface area contributed by atoms with Crippen molar-refractivity contribution < 1.29 is 15.3 Å². The van der Waals surface area contributed by atoms with Crippen molar-refractivity contribution in [1.29, 1.82) is 0 Å². The SMILES string of the molecule is NC1CC(n2cnc3c(N[C@H](CO)Cc4ccccc4)nc(Cl)nc32)C(O)C1O. The summed E-state index contributed by atoms with van der Waals surface area (Å²) in [6, 6.07) is 8.48. The van der Waals surface area contributed by atoms with Crippen LogP contribution >= 0.6 is 11.6 Å². The van der Waals surface area contributed by atoms with Crippen LogP contribution in [0.3, 0.4) is 0 Å². The number of imidazole rings is 1. The summed E-state index contributed by atoms with van der Waals surface area (Å²) in [5, 5.41) is 33.4. The summed E-state index contributed by atoms with van der Waals surface area (Å²) in [5.74, 6) is 0.395. The van der Waals surface area contributed by atoms with Crippen LogP contribution in [0.4, 0.5) is 5.82 Å². The van der Waals surface area contributed by atoms with Gasteiger partial charge in [-0.3, -0.25) is 0 Å². The van der Waals surface area contributed by atoms with Crippen molar-refractivity contribution in [2.45, 2.75) is 43.2 Å². The molecule has 0 radical (unpaired) electrons. The number of anilines is 1. The zero-order valence-corrected chi connectivity index (χ0v) is 16.3. The van der Waals surface area contributed by atoms with Crippen molar-refractivity contribution in [2.75, 3.05) is 11.9 Å². The van der Waals surface area contributed by atoms with E-state index in [-0.39, 0.29) is 17.9 Å². The van der Waals surface area contributed by atoms with Crippen LogP contribution in [0.25, 0.3) is 11.2 Å². The molecule has 29 heavy (non-hydrogen) atoms. The van der Waals surface area contributed by atoms with E-state index in [0.717, 1.165) is 5.56 Å². The monoisotopic (exact) mass is 418 g/mol. The summed E-state index contributed by atoms with van der Waals surface area (Å²) < 4.78 is 1.67. The third-order valence-corrected chi connectivity index (χ3v) is 5.50. The second-order valence-electron chi connectivity index (χ2n) is 7.33. The molecule has 9 nitrogen and oxygen atoms in total. The van der Waals surface area contributed by atoms with Gasteiger partial charge in [0, 0.05) is 6.04 Å². The van der Waals surface area contributed by atoms with E-state index in [2.05, 4.69) is 20.3 Å². The van der Waals surface area contributed by atoms with Crippen LogP contribution < -0.4 is 11.1 Å². The van der Waals surface area contributed by atoms with Crippen molar-refractivity contribution in [1.82, 2.24) is 19.5 Å². The number of hydrogen-bond acceptors (Lipinski definition) is 8. The number of fused-ring (bicyclic) bond motifs is 1. The third-order valence-electron chi connectivity index (χ3n) is 5.33. The Labute approximate surface area is 172 Å². The van der Waals surface area contributed by atoms with E-state index >= 15 is 0 Å². The van der Waals surface area contributed by atoms with Crippen LogP contribution in [-0.4, -0.2) is 65.7 Å². The highest BCUT2D eigenvalue weighted by atomic mass is 35.5. The van der Waals surface area contributed by atoms with Gasteiger partial charge in [-0.25, -0.2) is 4.98 Å². The lowest BCUT2D eigenvalue weighted by molar-refractivity contribution is 0.0187. The summed E-state index contributed by atoms with van der Waals surface area (Å²) in [4.78, 5) is 12.9. The Morgan fingerprint density at radius 1 is 1.21 bits per heavy atom. The van der Waals surface area contributed by atoms with Crippen LogP contribution in [0.1, 0.15) is 18.0 Å². The van der Waals surface area contributed by atoms with Crippen LogP contribution in [0.2, 0.25) is 5.28 Å². The fraction of sp³-hybridized carbons (Fsp3) is 0.421. The van der Waals surface area contributed by atoms with Crippen molar-refractivity contribution in [3.05, 3.63) is 47.5 Å². The van der Waals surface area contributed by atoms with Gasteiger partial charge in [0.1, 0.15) is 6.10 Å². The maximum absolute atomic E-state index is 10.3. The number of hydrogen-bond donors (Lipinski definition) is 5. The van der Waals surface area contributed by atoms with E-state index < -0.39 is 24.3 Å². The summed E-state index contributed by atoms with van der Waals surface area (Å²) >= 11 is 6.14. The van der Waals surface area contributed by atoms with Gasteiger partial charge in [-0.15, -0.1) is 0 Å². The lowest BCUT2D eigenvalue weighted by atomic mass is 10.1. The fourth-order valence-corrected chi connectivity index (χ4v) is 3.97. The lowest BCUT2D eigenvalue weighted by Crippen LogP contribution is -2.35. The van der Waals surface area contributed by atoms with E-state index in [1.165, 1.54) is 6.33 Å². The molecule has 4 rings (SSSR count). The molecule has 0 saturated heterocycles. The van der Waals surface area contributed by atoms with Gasteiger partial charge < -0.3 is 30.9 Å². The molecule has 2 heterocycles. The Kier molecular flexibility index (Phi) is 5.66.